The lowest BCUT2D eigenvalue weighted by molar-refractivity contribution is -0.275. The van der Waals surface area contributed by atoms with E-state index in [9.17, 15) is 26.6 Å². The minimum absolute atomic E-state index is 0.0835. The zero-order valence-electron chi connectivity index (χ0n) is 20.1. The Kier molecular flexibility index (Phi) is 7.51. The van der Waals surface area contributed by atoms with Gasteiger partial charge in [-0.25, -0.2) is 8.60 Å². The number of halogens is 6. The quantitative estimate of drug-likeness (QED) is 0.235. The van der Waals surface area contributed by atoms with Crippen LogP contribution in [-0.4, -0.2) is 28.3 Å². The third-order valence-corrected chi connectivity index (χ3v) is 8.32. The number of nitrogens with zero attached hydrogens (tertiary/aromatic N) is 3. The van der Waals surface area contributed by atoms with E-state index in [-0.39, 0.29) is 21.7 Å². The van der Waals surface area contributed by atoms with E-state index in [1.54, 1.807) is 6.92 Å². The molecule has 0 bridgehead atoms. The average molecular weight is 598 g/mol. The molecule has 0 spiro atoms. The first-order valence-electron chi connectivity index (χ1n) is 11.0. The van der Waals surface area contributed by atoms with Gasteiger partial charge in [-0.05, 0) is 66.6 Å². The van der Waals surface area contributed by atoms with Gasteiger partial charge in [0.15, 0.2) is 5.82 Å². The Morgan fingerprint density at radius 2 is 1.74 bits per heavy atom. The Hall–Kier alpha value is -3.46. The Bertz CT molecular complexity index is 1670. The Morgan fingerprint density at radius 1 is 1.13 bits per heavy atom. The molecule has 0 aliphatic carbocycles. The molecule has 1 aliphatic rings. The molecule has 0 saturated carbocycles. The lowest BCUT2D eigenvalue weighted by atomic mass is 9.86. The average Bonchev–Trinajstić information content (AvgIpc) is 3.34. The van der Waals surface area contributed by atoms with Crippen molar-refractivity contribution in [3.63, 3.8) is 0 Å². The summed E-state index contributed by atoms with van der Waals surface area (Å²) in [5.41, 5.74) is -2.55. The first kappa shape index (κ1) is 28.5. The van der Waals surface area contributed by atoms with Crippen LogP contribution in [0.4, 0.5) is 17.6 Å². The predicted molar refractivity (Wildman–Crippen MR) is 138 cm³/mol. The molecule has 202 valence electrons. The molecule has 2 unspecified atom stereocenters. The second-order valence-electron chi connectivity index (χ2n) is 8.75. The van der Waals surface area contributed by atoms with Gasteiger partial charge in [0.05, 0.1) is 37.1 Å². The molecule has 2 atom stereocenters. The summed E-state index contributed by atoms with van der Waals surface area (Å²) < 4.78 is 73.6. The molecule has 4 rings (SSSR count). The van der Waals surface area contributed by atoms with Crippen molar-refractivity contribution >= 4 is 44.5 Å². The maximum Gasteiger partial charge on any atom is 0.435 e. The molecular weight excluding hydrogens is 581 g/mol. The summed E-state index contributed by atoms with van der Waals surface area (Å²) in [4.78, 5) is 18.1. The van der Waals surface area contributed by atoms with Gasteiger partial charge in [0.2, 0.25) is 0 Å². The number of amides is 1. The van der Waals surface area contributed by atoms with E-state index in [2.05, 4.69) is 9.52 Å². The van der Waals surface area contributed by atoms with Crippen LogP contribution in [0.1, 0.15) is 39.0 Å². The zero-order valence-corrected chi connectivity index (χ0v) is 22.5. The highest BCUT2D eigenvalue weighted by Gasteiger charge is 2.62. The maximum absolute atomic E-state index is 14.3. The number of carbonyl (C=O) groups excluding carboxylic acids is 1. The van der Waals surface area contributed by atoms with Gasteiger partial charge in [0.25, 0.3) is 11.5 Å². The van der Waals surface area contributed by atoms with Gasteiger partial charge in [-0.2, -0.15) is 22.8 Å². The monoisotopic (exact) mass is 597 g/mol. The third-order valence-electron chi connectivity index (χ3n) is 6.10. The number of oxime groups is 1. The molecular formula is C26H17Cl2F4N3O3S. The molecule has 0 saturated heterocycles. The number of hydrogen-bond acceptors (Lipinski definition) is 5. The Balaban J connectivity index is 1.64. The van der Waals surface area contributed by atoms with Gasteiger partial charge >= 0.3 is 6.18 Å². The van der Waals surface area contributed by atoms with Crippen LogP contribution in [0.15, 0.2) is 69.0 Å². The standard InChI is InChI=1S/C26H17Cl2F4N3O3S/c1-14-9-16(5-8-19(14)24(36)35-39(2,37)18-6-3-15(13-33)4-7-18)22-12-25(38-34-22,26(30,31)32)17-10-20(27)23(29)21(28)11-17/h3-11H,12H2,1-2H3. The van der Waals surface area contributed by atoms with Crippen LogP contribution >= 0.6 is 23.2 Å². The SMILES string of the molecule is Cc1cc(C2=NOC(c3cc(Cl)c(F)c(Cl)c3)(C(F)(F)F)C2)ccc1C(=O)N=S(C)(=O)c1ccc(C#N)cc1. The first-order valence-corrected chi connectivity index (χ1v) is 13.7. The van der Waals surface area contributed by atoms with Crippen LogP contribution in [0.2, 0.25) is 10.0 Å². The molecule has 3 aromatic carbocycles. The van der Waals surface area contributed by atoms with Gasteiger partial charge in [0, 0.05) is 28.7 Å². The number of hydrogen-bond donors (Lipinski definition) is 0. The highest BCUT2D eigenvalue weighted by molar-refractivity contribution is 7.93. The fourth-order valence-electron chi connectivity index (χ4n) is 3.97. The van der Waals surface area contributed by atoms with Gasteiger partial charge in [0.1, 0.15) is 0 Å². The van der Waals surface area contributed by atoms with Crippen LogP contribution in [0.3, 0.4) is 0 Å². The number of nitriles is 1. The van der Waals surface area contributed by atoms with Crippen LogP contribution in [-0.2, 0) is 20.2 Å². The number of alkyl halides is 3. The lowest BCUT2D eigenvalue weighted by Gasteiger charge is -2.29. The Morgan fingerprint density at radius 3 is 2.28 bits per heavy atom. The molecule has 13 heteroatoms. The topological polar surface area (TPSA) is 91.9 Å². The summed E-state index contributed by atoms with van der Waals surface area (Å²) in [7, 11) is -3.15. The van der Waals surface area contributed by atoms with E-state index in [1.165, 1.54) is 48.7 Å². The summed E-state index contributed by atoms with van der Waals surface area (Å²) in [6.07, 6.45) is -4.46. The Labute approximate surface area is 231 Å². The van der Waals surface area contributed by atoms with E-state index in [4.69, 9.17) is 33.3 Å². The third kappa shape index (κ3) is 5.37. The van der Waals surface area contributed by atoms with E-state index in [1.807, 2.05) is 6.07 Å². The summed E-state index contributed by atoms with van der Waals surface area (Å²) in [5, 5.41) is 11.4. The van der Waals surface area contributed by atoms with Crippen molar-refractivity contribution < 1.29 is 31.4 Å². The van der Waals surface area contributed by atoms with Crippen molar-refractivity contribution in [1.29, 1.82) is 5.26 Å². The minimum atomic E-state index is -4.97. The summed E-state index contributed by atoms with van der Waals surface area (Å²) in [5.74, 6) is -1.85. The normalized spacial score (nSPS) is 18.5. The molecule has 3 aromatic rings. The van der Waals surface area contributed by atoms with Gasteiger partial charge in [-0.3, -0.25) is 4.79 Å². The van der Waals surface area contributed by atoms with E-state index in [0.717, 1.165) is 12.1 Å². The van der Waals surface area contributed by atoms with Gasteiger partial charge < -0.3 is 4.84 Å². The van der Waals surface area contributed by atoms with Crippen molar-refractivity contribution in [1.82, 2.24) is 0 Å². The zero-order chi connectivity index (χ0) is 28.8. The molecule has 0 N–H and O–H groups in total. The van der Waals surface area contributed by atoms with Gasteiger partial charge in [-0.1, -0.05) is 34.4 Å². The molecule has 6 nitrogen and oxygen atoms in total. The second-order valence-corrected chi connectivity index (χ2v) is 11.8. The fraction of sp³-hybridized carbons (Fsp3) is 0.192. The smallest absolute Gasteiger partial charge is 0.374 e. The molecule has 39 heavy (non-hydrogen) atoms. The number of aryl methyl sites for hydroxylation is 1. The second kappa shape index (κ2) is 10.3. The number of rotatable bonds is 4. The minimum Gasteiger partial charge on any atom is -0.374 e. The van der Waals surface area contributed by atoms with Crippen LogP contribution in [0.25, 0.3) is 0 Å². The predicted octanol–water partition coefficient (Wildman–Crippen LogP) is 7.19. The van der Waals surface area contributed by atoms with Crippen LogP contribution in [0, 0.1) is 24.1 Å². The molecule has 0 radical (unpaired) electrons. The van der Waals surface area contributed by atoms with Crippen molar-refractivity contribution in [3.05, 3.63) is 98.3 Å². The highest BCUT2D eigenvalue weighted by Crippen LogP contribution is 2.50. The first-order chi connectivity index (χ1) is 18.2. The molecule has 0 fully saturated rings. The van der Waals surface area contributed by atoms with Crippen molar-refractivity contribution in [3.8, 4) is 6.07 Å². The van der Waals surface area contributed by atoms with E-state index < -0.39 is 55.3 Å². The van der Waals surface area contributed by atoms with Crippen molar-refractivity contribution in [2.75, 3.05) is 6.26 Å². The lowest BCUT2D eigenvalue weighted by Crippen LogP contribution is -2.42. The summed E-state index contributed by atoms with van der Waals surface area (Å²) in [6.45, 7) is 1.54. The van der Waals surface area contributed by atoms with Crippen molar-refractivity contribution in [2.45, 2.75) is 30.0 Å². The molecule has 1 amide bonds. The van der Waals surface area contributed by atoms with E-state index >= 15 is 0 Å². The molecule has 1 heterocycles. The largest absolute Gasteiger partial charge is 0.435 e. The van der Waals surface area contributed by atoms with Crippen molar-refractivity contribution in [2.24, 2.45) is 9.52 Å². The highest BCUT2D eigenvalue weighted by atomic mass is 35.5. The number of benzene rings is 3. The number of carbonyl (C=O) groups is 1. The van der Waals surface area contributed by atoms with E-state index in [0.29, 0.717) is 11.1 Å². The van der Waals surface area contributed by atoms with Gasteiger partial charge in [-0.15, -0.1) is 0 Å². The fourth-order valence-corrected chi connectivity index (χ4v) is 5.62. The summed E-state index contributed by atoms with van der Waals surface area (Å²) in [6, 6.07) is 13.5. The van der Waals surface area contributed by atoms with Crippen LogP contribution < -0.4 is 0 Å². The van der Waals surface area contributed by atoms with Crippen LogP contribution in [0.5, 0.6) is 0 Å². The molecule has 1 aliphatic heterocycles. The molecule has 0 aromatic heterocycles. The maximum atomic E-state index is 14.3. The summed E-state index contributed by atoms with van der Waals surface area (Å²) >= 11 is 11.5.